The predicted octanol–water partition coefficient (Wildman–Crippen LogP) is 2.96. The molecule has 0 aromatic heterocycles. The minimum atomic E-state index is -0.618. The Morgan fingerprint density at radius 1 is 1.11 bits per heavy atom. The van der Waals surface area contributed by atoms with E-state index in [1.807, 2.05) is 74.5 Å². The highest BCUT2D eigenvalue weighted by atomic mass is 32.2. The van der Waals surface area contributed by atoms with Crippen molar-refractivity contribution in [2.75, 3.05) is 6.54 Å². The van der Waals surface area contributed by atoms with Crippen LogP contribution < -0.4 is 5.73 Å². The number of ether oxygens (including phenoxy) is 1. The van der Waals surface area contributed by atoms with Gasteiger partial charge >= 0.3 is 5.97 Å². The Kier molecular flexibility index (Phi) is 4.93. The third-order valence-electron chi connectivity index (χ3n) is 5.47. The van der Waals surface area contributed by atoms with Crippen molar-refractivity contribution in [3.63, 3.8) is 0 Å². The van der Waals surface area contributed by atoms with Crippen molar-refractivity contribution in [1.29, 1.82) is 0 Å². The second-order valence-electron chi connectivity index (χ2n) is 7.74. The third kappa shape index (κ3) is 3.10. The molecule has 2 N–H and O–H groups in total. The van der Waals surface area contributed by atoms with E-state index < -0.39 is 16.9 Å². The molecule has 0 spiro atoms. The molecule has 0 bridgehead atoms. The molecule has 2 fully saturated rings. The minimum Gasteiger partial charge on any atom is -0.451 e. The lowest BCUT2D eigenvalue weighted by Crippen LogP contribution is -2.64. The average molecular weight is 397 g/mol. The van der Waals surface area contributed by atoms with Crippen LogP contribution >= 0.6 is 11.8 Å². The molecule has 6 heteroatoms. The number of nitrogens with zero attached hydrogens (tertiary/aromatic N) is 1. The van der Waals surface area contributed by atoms with Crippen molar-refractivity contribution in [3.8, 4) is 0 Å². The molecule has 5 nitrogen and oxygen atoms in total. The molecule has 0 unspecified atom stereocenters. The fourth-order valence-corrected chi connectivity index (χ4v) is 5.75. The molecule has 2 aliphatic heterocycles. The van der Waals surface area contributed by atoms with Crippen molar-refractivity contribution < 1.29 is 14.3 Å². The van der Waals surface area contributed by atoms with Crippen LogP contribution in [0.15, 0.2) is 60.7 Å². The summed E-state index contributed by atoms with van der Waals surface area (Å²) in [4.78, 5) is 27.5. The molecule has 0 saturated carbocycles. The highest BCUT2D eigenvalue weighted by Crippen LogP contribution is 2.53. The zero-order valence-corrected chi connectivity index (χ0v) is 16.8. The minimum absolute atomic E-state index is 0.0445. The number of β-lactam (4-membered cyclic amide) rings is 1. The fourth-order valence-electron chi connectivity index (χ4n) is 4.05. The zero-order valence-electron chi connectivity index (χ0n) is 15.9. The van der Waals surface area contributed by atoms with Crippen LogP contribution in [-0.4, -0.2) is 39.5 Å². The maximum atomic E-state index is 13.3. The number of benzene rings is 2. The van der Waals surface area contributed by atoms with E-state index >= 15 is 0 Å². The predicted molar refractivity (Wildman–Crippen MR) is 109 cm³/mol. The molecule has 3 atom stereocenters. The van der Waals surface area contributed by atoms with Gasteiger partial charge in [-0.1, -0.05) is 60.7 Å². The smallest absolute Gasteiger partial charge is 0.331 e. The third-order valence-corrected chi connectivity index (χ3v) is 7.09. The monoisotopic (exact) mass is 396 g/mol. The Labute approximate surface area is 169 Å². The van der Waals surface area contributed by atoms with Crippen molar-refractivity contribution in [1.82, 2.24) is 4.90 Å². The Morgan fingerprint density at radius 3 is 2.14 bits per heavy atom. The van der Waals surface area contributed by atoms with Crippen LogP contribution in [0.3, 0.4) is 0 Å². The number of esters is 1. The van der Waals surface area contributed by atoms with Gasteiger partial charge in [0.25, 0.3) is 0 Å². The molecular formula is C22H24N2O3S. The molecular weight excluding hydrogens is 372 g/mol. The summed E-state index contributed by atoms with van der Waals surface area (Å²) >= 11 is 1.63. The van der Waals surface area contributed by atoms with E-state index in [-0.39, 0.29) is 23.2 Å². The Hall–Kier alpha value is -2.31. The molecule has 2 aliphatic rings. The lowest BCUT2D eigenvalue weighted by Gasteiger charge is -2.43. The standard InChI is InChI=1S/C22H24N2O3S/c1-22(2)18(24-19(25)16(13-23)20(24)28-22)21(26)27-17(14-9-5-3-6-10-14)15-11-7-4-8-12-15/h3-12,16-18,20H,13,23H2,1-2H3/t16-,18+,20-/m1/s1. The van der Waals surface area contributed by atoms with Crippen LogP contribution in [0.5, 0.6) is 0 Å². The molecule has 2 heterocycles. The number of thioether (sulfide) groups is 1. The first-order valence-corrected chi connectivity index (χ1v) is 10.3. The first kappa shape index (κ1) is 19.0. The van der Waals surface area contributed by atoms with E-state index in [4.69, 9.17) is 10.5 Å². The molecule has 2 aromatic rings. The van der Waals surface area contributed by atoms with Gasteiger partial charge in [0.15, 0.2) is 6.10 Å². The number of carbonyl (C=O) groups excluding carboxylic acids is 2. The van der Waals surface area contributed by atoms with Gasteiger partial charge < -0.3 is 15.4 Å². The second kappa shape index (κ2) is 7.26. The van der Waals surface area contributed by atoms with Gasteiger partial charge in [0.1, 0.15) is 6.04 Å². The summed E-state index contributed by atoms with van der Waals surface area (Å²) in [5, 5.41) is -0.0445. The fraction of sp³-hybridized carbons (Fsp3) is 0.364. The summed E-state index contributed by atoms with van der Waals surface area (Å²) in [6.07, 6.45) is -0.517. The maximum Gasteiger partial charge on any atom is 0.331 e. The molecule has 2 saturated heterocycles. The van der Waals surface area contributed by atoms with Gasteiger partial charge in [0.2, 0.25) is 5.91 Å². The average Bonchev–Trinajstić information content (AvgIpc) is 2.95. The number of nitrogens with two attached hydrogens (primary N) is 1. The number of fused-ring (bicyclic) bond motifs is 1. The van der Waals surface area contributed by atoms with Crippen molar-refractivity contribution in [2.24, 2.45) is 11.7 Å². The van der Waals surface area contributed by atoms with Gasteiger partial charge in [0.05, 0.1) is 11.3 Å². The van der Waals surface area contributed by atoms with Crippen LogP contribution in [-0.2, 0) is 14.3 Å². The second-order valence-corrected chi connectivity index (χ2v) is 9.51. The zero-order chi connectivity index (χ0) is 19.9. The largest absolute Gasteiger partial charge is 0.451 e. The molecule has 0 radical (unpaired) electrons. The number of hydrogen-bond acceptors (Lipinski definition) is 5. The van der Waals surface area contributed by atoms with Crippen LogP contribution in [0.4, 0.5) is 0 Å². The van der Waals surface area contributed by atoms with E-state index in [1.54, 1.807) is 16.7 Å². The lowest BCUT2D eigenvalue weighted by molar-refractivity contribution is -0.168. The summed E-state index contributed by atoms with van der Waals surface area (Å²) in [5.41, 5.74) is 7.55. The van der Waals surface area contributed by atoms with Gasteiger partial charge in [-0.3, -0.25) is 4.79 Å². The van der Waals surface area contributed by atoms with E-state index in [2.05, 4.69) is 0 Å². The number of rotatable bonds is 5. The topological polar surface area (TPSA) is 72.6 Å². The molecule has 146 valence electrons. The SMILES string of the molecule is CC1(C)S[C@@H]2[C@H](CN)C(=O)N2[C@H]1C(=O)OC(c1ccccc1)c1ccccc1. The van der Waals surface area contributed by atoms with Crippen molar-refractivity contribution in [2.45, 2.75) is 36.1 Å². The summed E-state index contributed by atoms with van der Waals surface area (Å²) < 4.78 is 5.60. The Morgan fingerprint density at radius 2 is 1.64 bits per heavy atom. The quantitative estimate of drug-likeness (QED) is 0.621. The van der Waals surface area contributed by atoms with Crippen LogP contribution in [0.25, 0.3) is 0 Å². The lowest BCUT2D eigenvalue weighted by atomic mass is 9.91. The molecule has 4 rings (SSSR count). The number of amides is 1. The number of carbonyl (C=O) groups is 2. The van der Waals surface area contributed by atoms with E-state index in [1.165, 1.54) is 0 Å². The van der Waals surface area contributed by atoms with Gasteiger partial charge in [0, 0.05) is 11.3 Å². The summed E-state index contributed by atoms with van der Waals surface area (Å²) in [6, 6.07) is 18.7. The normalized spacial score (nSPS) is 25.4. The van der Waals surface area contributed by atoms with Gasteiger partial charge in [-0.2, -0.15) is 0 Å². The van der Waals surface area contributed by atoms with Gasteiger partial charge in [-0.05, 0) is 25.0 Å². The summed E-state index contributed by atoms with van der Waals surface area (Å²) in [7, 11) is 0. The van der Waals surface area contributed by atoms with E-state index in [9.17, 15) is 9.59 Å². The highest BCUT2D eigenvalue weighted by molar-refractivity contribution is 8.01. The molecule has 1 amide bonds. The first-order chi connectivity index (χ1) is 13.4. The van der Waals surface area contributed by atoms with E-state index in [0.29, 0.717) is 6.54 Å². The number of hydrogen-bond donors (Lipinski definition) is 1. The van der Waals surface area contributed by atoms with Crippen molar-refractivity contribution in [3.05, 3.63) is 71.8 Å². The summed E-state index contributed by atoms with van der Waals surface area (Å²) in [5.74, 6) is -0.633. The Balaban J connectivity index is 1.62. The van der Waals surface area contributed by atoms with Crippen LogP contribution in [0.1, 0.15) is 31.1 Å². The Bertz CT molecular complexity index is 832. The van der Waals surface area contributed by atoms with Gasteiger partial charge in [-0.15, -0.1) is 11.8 Å². The molecule has 0 aliphatic carbocycles. The van der Waals surface area contributed by atoms with Crippen molar-refractivity contribution >= 4 is 23.6 Å². The van der Waals surface area contributed by atoms with Crippen LogP contribution in [0.2, 0.25) is 0 Å². The van der Waals surface area contributed by atoms with Crippen LogP contribution in [0, 0.1) is 5.92 Å². The summed E-state index contributed by atoms with van der Waals surface area (Å²) in [6.45, 7) is 4.28. The highest BCUT2D eigenvalue weighted by Gasteiger charge is 2.63. The molecule has 2 aromatic carbocycles. The first-order valence-electron chi connectivity index (χ1n) is 9.44. The van der Waals surface area contributed by atoms with E-state index in [0.717, 1.165) is 11.1 Å². The van der Waals surface area contributed by atoms with Gasteiger partial charge in [-0.25, -0.2) is 4.79 Å². The maximum absolute atomic E-state index is 13.3. The molecule has 28 heavy (non-hydrogen) atoms.